The third kappa shape index (κ3) is 4.26. The van der Waals surface area contributed by atoms with Crippen LogP contribution in [0, 0.1) is 5.92 Å². The van der Waals surface area contributed by atoms with Crippen LogP contribution < -0.4 is 10.6 Å². The molecule has 22 heavy (non-hydrogen) atoms. The van der Waals surface area contributed by atoms with Gasteiger partial charge in [0.1, 0.15) is 0 Å². The van der Waals surface area contributed by atoms with Gasteiger partial charge in [0, 0.05) is 23.6 Å². The van der Waals surface area contributed by atoms with E-state index in [1.54, 1.807) is 36.7 Å². The lowest BCUT2D eigenvalue weighted by molar-refractivity contribution is 0.0897. The van der Waals surface area contributed by atoms with Crippen molar-refractivity contribution in [2.24, 2.45) is 5.92 Å². The number of nitrogens with one attached hydrogen (secondary N) is 2. The van der Waals surface area contributed by atoms with E-state index in [2.05, 4.69) is 20.6 Å². The molecule has 1 amide bonds. The van der Waals surface area contributed by atoms with Crippen LogP contribution in [0.1, 0.15) is 24.2 Å². The summed E-state index contributed by atoms with van der Waals surface area (Å²) in [6.45, 7) is 3.82. The fraction of sp³-hybridized carbons (Fsp3) is 0.312. The van der Waals surface area contributed by atoms with Crippen LogP contribution in [-0.4, -0.2) is 33.6 Å². The summed E-state index contributed by atoms with van der Waals surface area (Å²) >= 11 is 0. The molecule has 0 saturated heterocycles. The molecule has 0 spiro atoms. The third-order valence-electron chi connectivity index (χ3n) is 3.26. The molecule has 0 saturated carbocycles. The lowest BCUT2D eigenvalue weighted by atomic mass is 10.0. The van der Waals surface area contributed by atoms with E-state index in [4.69, 9.17) is 0 Å². The summed E-state index contributed by atoms with van der Waals surface area (Å²) in [5.74, 6) is 0.411. The van der Waals surface area contributed by atoms with Gasteiger partial charge in [0.15, 0.2) is 0 Å². The van der Waals surface area contributed by atoms with Crippen LogP contribution in [0.4, 0.5) is 11.6 Å². The Labute approximate surface area is 129 Å². The summed E-state index contributed by atoms with van der Waals surface area (Å²) in [4.78, 5) is 20.4. The summed E-state index contributed by atoms with van der Waals surface area (Å²) in [7, 11) is 0. The molecule has 1 unspecified atom stereocenters. The molecule has 0 radical (unpaired) electrons. The Morgan fingerprint density at radius 2 is 1.95 bits per heavy atom. The number of hydrogen-bond acceptors (Lipinski definition) is 5. The van der Waals surface area contributed by atoms with E-state index in [-0.39, 0.29) is 24.5 Å². The van der Waals surface area contributed by atoms with Crippen LogP contribution >= 0.6 is 0 Å². The highest BCUT2D eigenvalue weighted by Crippen LogP contribution is 2.14. The van der Waals surface area contributed by atoms with Crippen LogP contribution in [0.2, 0.25) is 0 Å². The van der Waals surface area contributed by atoms with E-state index in [9.17, 15) is 9.90 Å². The smallest absolute Gasteiger partial charge is 0.251 e. The SMILES string of the molecule is CC(C)C(CO)NC(=O)c1cccc(Nc2ncccn2)c1. The summed E-state index contributed by atoms with van der Waals surface area (Å²) in [5, 5.41) is 15.2. The highest BCUT2D eigenvalue weighted by atomic mass is 16.3. The zero-order valence-corrected chi connectivity index (χ0v) is 12.7. The summed E-state index contributed by atoms with van der Waals surface area (Å²) in [5.41, 5.74) is 1.24. The van der Waals surface area contributed by atoms with Gasteiger partial charge < -0.3 is 15.7 Å². The van der Waals surface area contributed by atoms with Gasteiger partial charge in [0.2, 0.25) is 5.95 Å². The third-order valence-corrected chi connectivity index (χ3v) is 3.26. The van der Waals surface area contributed by atoms with Gasteiger partial charge in [0.05, 0.1) is 12.6 Å². The highest BCUT2D eigenvalue weighted by Gasteiger charge is 2.16. The van der Waals surface area contributed by atoms with Crippen molar-refractivity contribution in [1.82, 2.24) is 15.3 Å². The van der Waals surface area contributed by atoms with Crippen molar-refractivity contribution in [1.29, 1.82) is 0 Å². The van der Waals surface area contributed by atoms with Gasteiger partial charge >= 0.3 is 0 Å². The number of rotatable bonds is 6. The lowest BCUT2D eigenvalue weighted by Gasteiger charge is -2.20. The molecule has 1 aromatic heterocycles. The first-order valence-electron chi connectivity index (χ1n) is 7.16. The van der Waals surface area contributed by atoms with Crippen molar-refractivity contribution in [3.8, 4) is 0 Å². The molecule has 1 aromatic carbocycles. The molecule has 3 N–H and O–H groups in total. The number of hydrogen-bond donors (Lipinski definition) is 3. The van der Waals surface area contributed by atoms with Gasteiger partial charge in [-0.05, 0) is 30.2 Å². The summed E-state index contributed by atoms with van der Waals surface area (Å²) in [6.07, 6.45) is 3.28. The average Bonchev–Trinajstić information content (AvgIpc) is 2.53. The van der Waals surface area contributed by atoms with Gasteiger partial charge in [-0.3, -0.25) is 4.79 Å². The van der Waals surface area contributed by atoms with Crippen LogP contribution in [0.3, 0.4) is 0 Å². The van der Waals surface area contributed by atoms with Crippen molar-refractivity contribution in [2.75, 3.05) is 11.9 Å². The number of benzene rings is 1. The molecule has 0 aliphatic rings. The molecule has 0 aliphatic carbocycles. The molecule has 2 rings (SSSR count). The zero-order valence-electron chi connectivity index (χ0n) is 12.7. The topological polar surface area (TPSA) is 87.1 Å². The quantitative estimate of drug-likeness (QED) is 0.759. The number of aliphatic hydroxyl groups is 1. The predicted octanol–water partition coefficient (Wildman–Crippen LogP) is 1.97. The maximum absolute atomic E-state index is 12.2. The minimum Gasteiger partial charge on any atom is -0.394 e. The molecule has 1 heterocycles. The van der Waals surface area contributed by atoms with Crippen LogP contribution in [0.5, 0.6) is 0 Å². The second-order valence-corrected chi connectivity index (χ2v) is 5.28. The molecule has 0 bridgehead atoms. The van der Waals surface area contributed by atoms with E-state index < -0.39 is 0 Å². The Hall–Kier alpha value is -2.47. The number of carbonyl (C=O) groups is 1. The van der Waals surface area contributed by atoms with Gasteiger partial charge in [-0.25, -0.2) is 9.97 Å². The lowest BCUT2D eigenvalue weighted by Crippen LogP contribution is -2.41. The van der Waals surface area contributed by atoms with Crippen LogP contribution in [0.15, 0.2) is 42.7 Å². The molecule has 6 nitrogen and oxygen atoms in total. The first-order valence-corrected chi connectivity index (χ1v) is 7.16. The molecule has 0 fully saturated rings. The minimum absolute atomic E-state index is 0.0841. The van der Waals surface area contributed by atoms with Crippen molar-refractivity contribution < 1.29 is 9.90 Å². The number of amides is 1. The van der Waals surface area contributed by atoms with E-state index in [0.29, 0.717) is 11.5 Å². The maximum Gasteiger partial charge on any atom is 0.251 e. The Morgan fingerprint density at radius 1 is 1.23 bits per heavy atom. The van der Waals surface area contributed by atoms with Gasteiger partial charge in [-0.15, -0.1) is 0 Å². The largest absolute Gasteiger partial charge is 0.394 e. The minimum atomic E-state index is -0.262. The predicted molar refractivity (Wildman–Crippen MR) is 84.9 cm³/mol. The van der Waals surface area contributed by atoms with E-state index >= 15 is 0 Å². The Balaban J connectivity index is 2.09. The normalized spacial score (nSPS) is 12.0. The fourth-order valence-corrected chi connectivity index (χ4v) is 1.91. The van der Waals surface area contributed by atoms with E-state index in [1.165, 1.54) is 0 Å². The van der Waals surface area contributed by atoms with Crippen molar-refractivity contribution in [3.05, 3.63) is 48.3 Å². The van der Waals surface area contributed by atoms with Crippen molar-refractivity contribution in [3.63, 3.8) is 0 Å². The molecular formula is C16H20N4O2. The number of aromatic nitrogens is 2. The second kappa shape index (κ2) is 7.51. The molecule has 0 aliphatic heterocycles. The fourth-order valence-electron chi connectivity index (χ4n) is 1.91. The molecule has 2 aromatic rings. The molecular weight excluding hydrogens is 280 g/mol. The van der Waals surface area contributed by atoms with Crippen LogP contribution in [0.25, 0.3) is 0 Å². The Bertz CT molecular complexity index is 617. The Kier molecular flexibility index (Phi) is 5.43. The Morgan fingerprint density at radius 3 is 2.59 bits per heavy atom. The van der Waals surface area contributed by atoms with E-state index in [0.717, 1.165) is 5.69 Å². The molecule has 116 valence electrons. The van der Waals surface area contributed by atoms with Crippen LogP contribution in [-0.2, 0) is 0 Å². The first kappa shape index (κ1) is 15.9. The van der Waals surface area contributed by atoms with Crippen molar-refractivity contribution in [2.45, 2.75) is 19.9 Å². The van der Waals surface area contributed by atoms with Gasteiger partial charge in [-0.2, -0.15) is 0 Å². The standard InChI is InChI=1S/C16H20N4O2/c1-11(2)14(10-21)20-15(22)12-5-3-6-13(9-12)19-16-17-7-4-8-18-16/h3-9,11,14,21H,10H2,1-2H3,(H,20,22)(H,17,18,19). The first-order chi connectivity index (χ1) is 10.6. The highest BCUT2D eigenvalue weighted by molar-refractivity contribution is 5.95. The van der Waals surface area contributed by atoms with E-state index in [1.807, 2.05) is 19.9 Å². The number of nitrogens with zero attached hydrogens (tertiary/aromatic N) is 2. The zero-order chi connectivity index (χ0) is 15.9. The average molecular weight is 300 g/mol. The number of anilines is 2. The molecule has 6 heteroatoms. The summed E-state index contributed by atoms with van der Waals surface area (Å²) in [6, 6.07) is 8.53. The van der Waals surface area contributed by atoms with Crippen molar-refractivity contribution >= 4 is 17.5 Å². The maximum atomic E-state index is 12.2. The number of aliphatic hydroxyl groups excluding tert-OH is 1. The number of carbonyl (C=O) groups excluding carboxylic acids is 1. The van der Waals surface area contributed by atoms with Gasteiger partial charge in [0.25, 0.3) is 5.91 Å². The summed E-state index contributed by atoms with van der Waals surface area (Å²) < 4.78 is 0. The monoisotopic (exact) mass is 300 g/mol. The molecule has 1 atom stereocenters. The van der Waals surface area contributed by atoms with Gasteiger partial charge in [-0.1, -0.05) is 19.9 Å². The second-order valence-electron chi connectivity index (χ2n) is 5.28.